The second-order valence-electron chi connectivity index (χ2n) is 7.73. The maximum Gasteiger partial charge on any atom is 0.340 e. The van der Waals surface area contributed by atoms with Crippen LogP contribution < -0.4 is 5.73 Å². The molecule has 0 aromatic carbocycles. The van der Waals surface area contributed by atoms with Gasteiger partial charge in [0.25, 0.3) is 0 Å². The normalized spacial score (nSPS) is 30.5. The molecular formula is C16H24FN5O9P2. The molecule has 0 amide bonds. The van der Waals surface area contributed by atoms with Crippen LogP contribution in [0.1, 0.15) is 25.5 Å². The molecule has 0 radical (unpaired) electrons. The Morgan fingerprint density at radius 1 is 1.24 bits per heavy atom. The minimum Gasteiger partial charge on any atom is -0.382 e. The van der Waals surface area contributed by atoms with Gasteiger partial charge in [0, 0.05) is 6.61 Å². The molecule has 33 heavy (non-hydrogen) atoms. The molecule has 2 saturated heterocycles. The van der Waals surface area contributed by atoms with Crippen LogP contribution in [0.2, 0.25) is 0 Å². The van der Waals surface area contributed by atoms with Gasteiger partial charge in [0.1, 0.15) is 24.1 Å². The average molecular weight is 511 g/mol. The summed E-state index contributed by atoms with van der Waals surface area (Å²) in [5, 5.41) is 0. The second kappa shape index (κ2) is 9.61. The number of fused-ring (bicyclic) bond motifs is 1. The smallest absolute Gasteiger partial charge is 0.340 e. The van der Waals surface area contributed by atoms with Crippen molar-refractivity contribution >= 4 is 32.2 Å². The zero-order chi connectivity index (χ0) is 23.8. The molecule has 2 aliphatic heterocycles. The summed E-state index contributed by atoms with van der Waals surface area (Å²) < 4.78 is 62.0. The molecule has 0 saturated carbocycles. The molecule has 2 unspecified atom stereocenters. The number of anilines is 1. The highest BCUT2D eigenvalue weighted by Crippen LogP contribution is 2.55. The van der Waals surface area contributed by atoms with Crippen molar-refractivity contribution in [2.75, 3.05) is 24.9 Å². The van der Waals surface area contributed by atoms with Gasteiger partial charge >= 0.3 is 15.2 Å². The molecule has 2 fully saturated rings. The summed E-state index contributed by atoms with van der Waals surface area (Å²) in [5.41, 5.74) is 6.23. The van der Waals surface area contributed by atoms with E-state index >= 15 is 4.39 Å². The first kappa shape index (κ1) is 24.6. The molecule has 0 bridgehead atoms. The average Bonchev–Trinajstić information content (AvgIpc) is 3.28. The van der Waals surface area contributed by atoms with Crippen LogP contribution in [0, 0.1) is 0 Å². The molecule has 17 heteroatoms. The van der Waals surface area contributed by atoms with E-state index in [0.717, 1.165) is 12.8 Å². The Morgan fingerprint density at radius 2 is 2.03 bits per heavy atom. The van der Waals surface area contributed by atoms with Crippen molar-refractivity contribution in [1.82, 2.24) is 19.5 Å². The lowest BCUT2D eigenvalue weighted by Crippen LogP contribution is -2.39. The van der Waals surface area contributed by atoms with Crippen molar-refractivity contribution in [2.45, 2.75) is 50.2 Å². The third-order valence-electron chi connectivity index (χ3n) is 5.18. The zero-order valence-corrected chi connectivity index (χ0v) is 19.0. The summed E-state index contributed by atoms with van der Waals surface area (Å²) in [5.74, 6) is -1.29. The monoisotopic (exact) mass is 511 g/mol. The van der Waals surface area contributed by atoms with E-state index in [1.54, 1.807) is 0 Å². The summed E-state index contributed by atoms with van der Waals surface area (Å²) in [4.78, 5) is 39.7. The number of hydrogen-bond acceptors (Lipinski definition) is 10. The number of halogens is 1. The van der Waals surface area contributed by atoms with Gasteiger partial charge in [-0.25, -0.2) is 19.3 Å². The Balaban J connectivity index is 1.56. The quantitative estimate of drug-likeness (QED) is 0.364. The van der Waals surface area contributed by atoms with Crippen LogP contribution in [-0.4, -0.2) is 78.0 Å². The van der Waals surface area contributed by atoms with Crippen molar-refractivity contribution < 1.29 is 46.9 Å². The number of alkyl halides is 1. The van der Waals surface area contributed by atoms with Crippen LogP contribution in [0.25, 0.3) is 11.2 Å². The van der Waals surface area contributed by atoms with E-state index in [4.69, 9.17) is 34.3 Å². The van der Waals surface area contributed by atoms with Gasteiger partial charge < -0.3 is 39.1 Å². The summed E-state index contributed by atoms with van der Waals surface area (Å²) in [6.45, 7) is -0.220. The minimum atomic E-state index is -4.83. The van der Waals surface area contributed by atoms with E-state index in [-0.39, 0.29) is 17.0 Å². The highest BCUT2D eigenvalue weighted by molar-refractivity contribution is 7.70. The SMILES string of the molecule is Nc1ncnc2c1ncn2[C@@H]1O[C@H](COP(=O)(O)CP(=O)(O)O)[C@@H](OC2CCCCO2)[C@@H]1F. The maximum atomic E-state index is 15.6. The van der Waals surface area contributed by atoms with Gasteiger partial charge in [-0.3, -0.25) is 13.7 Å². The van der Waals surface area contributed by atoms with E-state index < -0.39 is 58.6 Å². The molecule has 4 heterocycles. The molecule has 184 valence electrons. The zero-order valence-electron chi connectivity index (χ0n) is 17.2. The van der Waals surface area contributed by atoms with Crippen LogP contribution in [0.5, 0.6) is 0 Å². The van der Waals surface area contributed by atoms with Crippen molar-refractivity contribution in [3.8, 4) is 0 Å². The van der Waals surface area contributed by atoms with E-state index in [1.165, 1.54) is 17.2 Å². The molecule has 2 aliphatic rings. The van der Waals surface area contributed by atoms with E-state index in [0.29, 0.717) is 13.0 Å². The molecule has 0 aliphatic carbocycles. The maximum absolute atomic E-state index is 15.6. The topological polar surface area (TPSA) is 201 Å². The van der Waals surface area contributed by atoms with Crippen molar-refractivity contribution in [1.29, 1.82) is 0 Å². The number of hydrogen-bond donors (Lipinski definition) is 4. The number of nitrogen functional groups attached to an aromatic ring is 1. The number of nitrogens with two attached hydrogens (primary N) is 1. The number of ether oxygens (including phenoxy) is 3. The van der Waals surface area contributed by atoms with Crippen LogP contribution in [-0.2, 0) is 27.9 Å². The Bertz CT molecular complexity index is 1080. The van der Waals surface area contributed by atoms with Crippen molar-refractivity contribution in [2.24, 2.45) is 0 Å². The van der Waals surface area contributed by atoms with Crippen LogP contribution in [0.3, 0.4) is 0 Å². The standard InChI is InChI=1S/C16H24FN5O9P2/c17-11-13(31-10-3-1-2-4-28-10)9(5-29-33(26,27)8-32(23,24)25)30-16(11)22-7-21-12-14(18)19-6-20-15(12)22/h6-7,9-11,13,16H,1-5,8H2,(H,26,27)(H2,18,19,20)(H2,23,24,25)/t9-,10?,11+,13-,16-/m1/s1. The molecule has 6 atom stereocenters. The molecule has 14 nitrogen and oxygen atoms in total. The minimum absolute atomic E-state index is 0.0918. The van der Waals surface area contributed by atoms with Crippen LogP contribution in [0.4, 0.5) is 10.2 Å². The van der Waals surface area contributed by atoms with Gasteiger partial charge in [-0.05, 0) is 19.3 Å². The second-order valence-corrected chi connectivity index (χ2v) is 11.7. The fourth-order valence-corrected chi connectivity index (χ4v) is 6.30. The van der Waals surface area contributed by atoms with Crippen molar-refractivity contribution in [3.63, 3.8) is 0 Å². The first-order valence-corrected chi connectivity index (χ1v) is 13.6. The van der Waals surface area contributed by atoms with Crippen molar-refractivity contribution in [3.05, 3.63) is 12.7 Å². The number of imidazole rings is 1. The number of nitrogens with zero attached hydrogens (tertiary/aromatic N) is 4. The van der Waals surface area contributed by atoms with Gasteiger partial charge in [-0.2, -0.15) is 0 Å². The van der Waals surface area contributed by atoms with Crippen LogP contribution >= 0.6 is 15.2 Å². The molecular weight excluding hydrogens is 487 g/mol. The van der Waals surface area contributed by atoms with Gasteiger partial charge in [0.15, 0.2) is 36.1 Å². The Morgan fingerprint density at radius 3 is 2.73 bits per heavy atom. The largest absolute Gasteiger partial charge is 0.382 e. The fourth-order valence-electron chi connectivity index (χ4n) is 3.73. The number of aromatic nitrogens is 4. The Kier molecular flexibility index (Phi) is 7.16. The molecule has 0 spiro atoms. The molecule has 4 rings (SSSR count). The first-order chi connectivity index (χ1) is 15.5. The highest BCUT2D eigenvalue weighted by Gasteiger charge is 2.49. The van der Waals surface area contributed by atoms with E-state index in [9.17, 15) is 14.0 Å². The van der Waals surface area contributed by atoms with Crippen LogP contribution in [0.15, 0.2) is 12.7 Å². The molecule has 5 N–H and O–H groups in total. The van der Waals surface area contributed by atoms with Gasteiger partial charge in [-0.15, -0.1) is 0 Å². The van der Waals surface area contributed by atoms with Gasteiger partial charge in [0.2, 0.25) is 0 Å². The third kappa shape index (κ3) is 5.76. The predicted molar refractivity (Wildman–Crippen MR) is 110 cm³/mol. The lowest BCUT2D eigenvalue weighted by atomic mass is 10.1. The lowest BCUT2D eigenvalue weighted by Gasteiger charge is -2.28. The van der Waals surface area contributed by atoms with E-state index in [1.807, 2.05) is 0 Å². The molecule has 2 aromatic rings. The summed E-state index contributed by atoms with van der Waals surface area (Å²) in [6.07, 6.45) is -1.64. The summed E-state index contributed by atoms with van der Waals surface area (Å²) >= 11 is 0. The predicted octanol–water partition coefficient (Wildman–Crippen LogP) is 0.893. The molecule has 2 aromatic heterocycles. The Hall–Kier alpha value is -1.54. The number of rotatable bonds is 8. The first-order valence-electron chi connectivity index (χ1n) is 10.0. The third-order valence-corrected chi connectivity index (χ3v) is 8.63. The van der Waals surface area contributed by atoms with Gasteiger partial charge in [-0.1, -0.05) is 0 Å². The fraction of sp³-hybridized carbons (Fsp3) is 0.688. The van der Waals surface area contributed by atoms with Gasteiger partial charge in [0.05, 0.1) is 12.9 Å². The summed E-state index contributed by atoms with van der Waals surface area (Å²) in [6, 6.07) is 0. The highest BCUT2D eigenvalue weighted by atomic mass is 31.2. The van der Waals surface area contributed by atoms with E-state index in [2.05, 4.69) is 15.0 Å². The summed E-state index contributed by atoms with van der Waals surface area (Å²) in [7, 11) is -9.52. The Labute approximate surface area is 186 Å². The lowest BCUT2D eigenvalue weighted by molar-refractivity contribution is -0.205.